The van der Waals surface area contributed by atoms with E-state index in [2.05, 4.69) is 63.6 Å². The average molecular weight is 554 g/mol. The molecule has 7 heteroatoms. The summed E-state index contributed by atoms with van der Waals surface area (Å²) in [5.74, 6) is 1.89. The Labute approximate surface area is 210 Å². The van der Waals surface area contributed by atoms with E-state index in [9.17, 15) is 0 Å². The van der Waals surface area contributed by atoms with E-state index in [0.717, 1.165) is 57.3 Å². The maximum atomic E-state index is 5.37. The molecule has 0 bridgehead atoms. The predicted molar refractivity (Wildman–Crippen MR) is 143 cm³/mol. The van der Waals surface area contributed by atoms with E-state index in [1.165, 1.54) is 31.2 Å². The minimum atomic E-state index is 0. The molecule has 0 aliphatic heterocycles. The largest absolute Gasteiger partial charge is 0.385 e. The number of nitrogens with one attached hydrogen (secondary N) is 2. The Balaban J connectivity index is 0.00000363. The summed E-state index contributed by atoms with van der Waals surface area (Å²) in [4.78, 5) is 9.38. The smallest absolute Gasteiger partial charge is 0.191 e. The van der Waals surface area contributed by atoms with Gasteiger partial charge in [0, 0.05) is 45.7 Å². The molecule has 6 nitrogen and oxygen atoms in total. The standard InChI is InChI=1S/C25H39N5O.HI/c1-3-26-24(29-21-25(15-19-31-2)13-7-8-14-25)28-20-23-27-16-18-30(23)17-9-12-22-10-5-4-6-11-22;/h4-6,10-11,16,18H,3,7-9,12-15,17,19-21H2,1-2H3,(H2,26,28,29);1H. The molecule has 1 saturated carbocycles. The van der Waals surface area contributed by atoms with Crippen LogP contribution in [-0.2, 0) is 24.2 Å². The van der Waals surface area contributed by atoms with Crippen molar-refractivity contribution in [3.8, 4) is 0 Å². The van der Waals surface area contributed by atoms with Gasteiger partial charge in [-0.25, -0.2) is 9.98 Å². The molecule has 1 heterocycles. The highest BCUT2D eigenvalue weighted by Crippen LogP contribution is 2.40. The number of halogens is 1. The first-order valence-electron chi connectivity index (χ1n) is 11.8. The third kappa shape index (κ3) is 8.39. The number of hydrogen-bond donors (Lipinski definition) is 2. The van der Waals surface area contributed by atoms with Crippen molar-refractivity contribution in [3.05, 3.63) is 54.1 Å². The zero-order chi connectivity index (χ0) is 21.8. The van der Waals surface area contributed by atoms with E-state index in [1.54, 1.807) is 7.11 Å². The van der Waals surface area contributed by atoms with Crippen LogP contribution in [-0.4, -0.2) is 42.3 Å². The van der Waals surface area contributed by atoms with Crippen LogP contribution in [0.4, 0.5) is 0 Å². The van der Waals surface area contributed by atoms with Gasteiger partial charge in [0.05, 0.1) is 0 Å². The third-order valence-electron chi connectivity index (χ3n) is 6.36. The molecule has 178 valence electrons. The van der Waals surface area contributed by atoms with Crippen LogP contribution < -0.4 is 10.6 Å². The fourth-order valence-electron chi connectivity index (χ4n) is 4.51. The molecule has 0 spiro atoms. The number of aromatic nitrogens is 2. The SMILES string of the molecule is CCNC(=NCc1nccn1CCCc1ccccc1)NCC1(CCOC)CCCC1.I. The number of benzene rings is 1. The Morgan fingerprint density at radius 2 is 1.97 bits per heavy atom. The normalized spacial score (nSPS) is 15.4. The Morgan fingerprint density at radius 3 is 2.69 bits per heavy atom. The number of ether oxygens (including phenoxy) is 1. The summed E-state index contributed by atoms with van der Waals surface area (Å²) in [5.41, 5.74) is 1.72. The molecule has 1 aromatic carbocycles. The maximum absolute atomic E-state index is 5.37. The summed E-state index contributed by atoms with van der Waals surface area (Å²) >= 11 is 0. The van der Waals surface area contributed by atoms with Crippen molar-refractivity contribution in [2.45, 2.75) is 65.0 Å². The molecule has 1 aromatic heterocycles. The highest BCUT2D eigenvalue weighted by atomic mass is 127. The van der Waals surface area contributed by atoms with Crippen molar-refractivity contribution in [2.75, 3.05) is 26.8 Å². The third-order valence-corrected chi connectivity index (χ3v) is 6.36. The first-order valence-corrected chi connectivity index (χ1v) is 11.8. The molecule has 1 aliphatic rings. The van der Waals surface area contributed by atoms with E-state index in [4.69, 9.17) is 9.73 Å². The molecule has 32 heavy (non-hydrogen) atoms. The van der Waals surface area contributed by atoms with Crippen molar-refractivity contribution in [1.82, 2.24) is 20.2 Å². The molecular weight excluding hydrogens is 513 g/mol. The zero-order valence-corrected chi connectivity index (χ0v) is 22.0. The fourth-order valence-corrected chi connectivity index (χ4v) is 4.51. The molecule has 0 atom stereocenters. The van der Waals surface area contributed by atoms with Gasteiger partial charge in [0.15, 0.2) is 5.96 Å². The monoisotopic (exact) mass is 553 g/mol. The van der Waals surface area contributed by atoms with Gasteiger partial charge < -0.3 is 19.9 Å². The lowest BCUT2D eigenvalue weighted by Gasteiger charge is -2.30. The second-order valence-electron chi connectivity index (χ2n) is 8.62. The lowest BCUT2D eigenvalue weighted by Crippen LogP contribution is -2.43. The van der Waals surface area contributed by atoms with Crippen LogP contribution in [0.2, 0.25) is 0 Å². The van der Waals surface area contributed by atoms with Crippen LogP contribution >= 0.6 is 24.0 Å². The zero-order valence-electron chi connectivity index (χ0n) is 19.7. The van der Waals surface area contributed by atoms with Gasteiger partial charge >= 0.3 is 0 Å². The maximum Gasteiger partial charge on any atom is 0.191 e. The van der Waals surface area contributed by atoms with Crippen LogP contribution in [0.5, 0.6) is 0 Å². The Bertz CT molecular complexity index is 787. The average Bonchev–Trinajstić information content (AvgIpc) is 3.45. The van der Waals surface area contributed by atoms with Gasteiger partial charge in [-0.3, -0.25) is 0 Å². The van der Waals surface area contributed by atoms with Gasteiger partial charge in [-0.05, 0) is 50.0 Å². The molecule has 2 aromatic rings. The van der Waals surface area contributed by atoms with Crippen LogP contribution in [0.3, 0.4) is 0 Å². The van der Waals surface area contributed by atoms with E-state index in [1.807, 2.05) is 6.20 Å². The highest BCUT2D eigenvalue weighted by molar-refractivity contribution is 14.0. The lowest BCUT2D eigenvalue weighted by molar-refractivity contribution is 0.138. The number of hydrogen-bond acceptors (Lipinski definition) is 3. The number of aliphatic imine (C=N–C) groups is 1. The van der Waals surface area contributed by atoms with Gasteiger partial charge in [-0.15, -0.1) is 24.0 Å². The topological polar surface area (TPSA) is 63.5 Å². The summed E-state index contributed by atoms with van der Waals surface area (Å²) in [6.45, 7) is 6.28. The first kappa shape index (κ1) is 26.6. The molecule has 0 radical (unpaired) electrons. The van der Waals surface area contributed by atoms with Crippen molar-refractivity contribution in [1.29, 1.82) is 0 Å². The molecule has 1 fully saturated rings. The Kier molecular flexibility index (Phi) is 12.1. The van der Waals surface area contributed by atoms with Crippen LogP contribution in [0, 0.1) is 5.41 Å². The van der Waals surface area contributed by atoms with Crippen molar-refractivity contribution < 1.29 is 4.74 Å². The Morgan fingerprint density at radius 1 is 1.19 bits per heavy atom. The van der Waals surface area contributed by atoms with Gasteiger partial charge in [0.2, 0.25) is 0 Å². The molecule has 0 saturated heterocycles. The number of aryl methyl sites for hydroxylation is 2. The van der Waals surface area contributed by atoms with Gasteiger partial charge in [-0.2, -0.15) is 0 Å². The summed E-state index contributed by atoms with van der Waals surface area (Å²) in [7, 11) is 1.80. The fraction of sp³-hybridized carbons (Fsp3) is 0.600. The van der Waals surface area contributed by atoms with Gasteiger partial charge in [-0.1, -0.05) is 43.2 Å². The minimum absolute atomic E-state index is 0. The summed E-state index contributed by atoms with van der Waals surface area (Å²) in [5, 5.41) is 7.00. The van der Waals surface area contributed by atoms with Crippen LogP contribution in [0.1, 0.15) is 56.8 Å². The Hall–Kier alpha value is -1.61. The number of imidazole rings is 1. The number of rotatable bonds is 12. The van der Waals surface area contributed by atoms with Crippen molar-refractivity contribution >= 4 is 29.9 Å². The first-order chi connectivity index (χ1) is 15.2. The van der Waals surface area contributed by atoms with E-state index < -0.39 is 0 Å². The number of methoxy groups -OCH3 is 1. The van der Waals surface area contributed by atoms with Crippen LogP contribution in [0.25, 0.3) is 0 Å². The van der Waals surface area contributed by atoms with E-state index in [0.29, 0.717) is 12.0 Å². The van der Waals surface area contributed by atoms with E-state index in [-0.39, 0.29) is 24.0 Å². The predicted octanol–water partition coefficient (Wildman–Crippen LogP) is 4.79. The van der Waals surface area contributed by atoms with Gasteiger partial charge in [0.1, 0.15) is 12.4 Å². The summed E-state index contributed by atoms with van der Waals surface area (Å²) < 4.78 is 7.60. The molecule has 0 unspecified atom stereocenters. The second kappa shape index (κ2) is 14.5. The second-order valence-corrected chi connectivity index (χ2v) is 8.62. The molecule has 2 N–H and O–H groups in total. The van der Waals surface area contributed by atoms with E-state index >= 15 is 0 Å². The minimum Gasteiger partial charge on any atom is -0.385 e. The quantitative estimate of drug-likeness (QED) is 0.226. The molecule has 3 rings (SSSR count). The summed E-state index contributed by atoms with van der Waals surface area (Å²) in [6, 6.07) is 10.7. The van der Waals surface area contributed by atoms with Crippen molar-refractivity contribution in [2.24, 2.45) is 10.4 Å². The highest BCUT2D eigenvalue weighted by Gasteiger charge is 2.33. The molecule has 0 amide bonds. The summed E-state index contributed by atoms with van der Waals surface area (Å²) in [6.07, 6.45) is 12.4. The lowest BCUT2D eigenvalue weighted by atomic mass is 9.83. The van der Waals surface area contributed by atoms with Crippen molar-refractivity contribution in [3.63, 3.8) is 0 Å². The molecule has 1 aliphatic carbocycles. The number of guanidine groups is 1. The molecular formula is C25H40IN5O. The van der Waals surface area contributed by atoms with Gasteiger partial charge in [0.25, 0.3) is 0 Å². The van der Waals surface area contributed by atoms with Crippen LogP contribution in [0.15, 0.2) is 47.7 Å². The number of nitrogens with zero attached hydrogens (tertiary/aromatic N) is 3.